The minimum atomic E-state index is 0.419. The molecule has 0 amide bonds. The first-order valence-electron chi connectivity index (χ1n) is 8.62. The largest absolute Gasteiger partial charge is 0.496 e. The molecule has 0 fully saturated rings. The van der Waals surface area contributed by atoms with Gasteiger partial charge in [-0.3, -0.25) is 0 Å². The average molecular weight is 374 g/mol. The van der Waals surface area contributed by atoms with Crippen LogP contribution in [0.25, 0.3) is 11.1 Å². The monoisotopic (exact) mass is 374 g/mol. The number of benzene rings is 2. The third-order valence-electron chi connectivity index (χ3n) is 4.49. The first-order valence-corrected chi connectivity index (χ1v) is 10.9. The molecule has 0 spiro atoms. The van der Waals surface area contributed by atoms with E-state index < -0.39 is 0 Å². The van der Waals surface area contributed by atoms with Crippen molar-refractivity contribution < 1.29 is 9.47 Å². The van der Waals surface area contributed by atoms with Crippen molar-refractivity contribution in [2.75, 3.05) is 14.2 Å². The molecule has 0 aromatic heterocycles. The molecule has 0 aliphatic rings. The van der Waals surface area contributed by atoms with Gasteiger partial charge in [0.05, 0.1) is 19.5 Å². The van der Waals surface area contributed by atoms with Crippen molar-refractivity contribution in [2.24, 2.45) is 0 Å². The lowest BCUT2D eigenvalue weighted by Gasteiger charge is -2.24. The van der Waals surface area contributed by atoms with Gasteiger partial charge >= 0.3 is 0 Å². The third-order valence-corrected chi connectivity index (χ3v) is 5.83. The highest BCUT2D eigenvalue weighted by atomic mass is 31.7. The van der Waals surface area contributed by atoms with Gasteiger partial charge in [-0.25, -0.2) is 0 Å². The molecule has 0 aliphatic heterocycles. The van der Waals surface area contributed by atoms with E-state index in [0.29, 0.717) is 11.8 Å². The minimum absolute atomic E-state index is 0.419. The normalized spacial score (nSPS) is 11.4. The van der Waals surface area contributed by atoms with Crippen LogP contribution < -0.4 is 14.8 Å². The predicted octanol–water partition coefficient (Wildman–Crippen LogP) is 6.56. The van der Waals surface area contributed by atoms with Crippen molar-refractivity contribution in [1.29, 1.82) is 0 Å². The third kappa shape index (κ3) is 3.91. The molecule has 2 nitrogen and oxygen atoms in total. The molecule has 25 heavy (non-hydrogen) atoms. The Balaban J connectivity index is 3.02. The summed E-state index contributed by atoms with van der Waals surface area (Å²) < 4.78 is 11.4. The Morgan fingerprint density at radius 1 is 0.840 bits per heavy atom. The molecule has 0 unspecified atom stereocenters. The maximum Gasteiger partial charge on any atom is 0.131 e. The SMILES string of the molecule is COc1ccc(OC)c(-c2c(C(C)C)cc(C)cc2C(C)C)c1P=P. The lowest BCUT2D eigenvalue weighted by molar-refractivity contribution is 0.407. The van der Waals surface area contributed by atoms with E-state index in [-0.39, 0.29) is 0 Å². The summed E-state index contributed by atoms with van der Waals surface area (Å²) in [4.78, 5) is 0. The van der Waals surface area contributed by atoms with Gasteiger partial charge in [-0.2, -0.15) is 0 Å². The van der Waals surface area contributed by atoms with Crippen molar-refractivity contribution in [3.05, 3.63) is 41.0 Å². The number of rotatable bonds is 6. The van der Waals surface area contributed by atoms with Crippen LogP contribution in [-0.4, -0.2) is 14.2 Å². The molecule has 0 saturated carbocycles. The summed E-state index contributed by atoms with van der Waals surface area (Å²) >= 11 is 0. The van der Waals surface area contributed by atoms with Gasteiger partial charge in [0.2, 0.25) is 0 Å². The molecule has 0 N–H and O–H groups in total. The summed E-state index contributed by atoms with van der Waals surface area (Å²) in [5.74, 6) is 2.59. The molecule has 4 heteroatoms. The van der Waals surface area contributed by atoms with Crippen LogP contribution in [-0.2, 0) is 0 Å². The van der Waals surface area contributed by atoms with Crippen LogP contribution in [0.4, 0.5) is 0 Å². The van der Waals surface area contributed by atoms with E-state index in [1.54, 1.807) is 14.2 Å². The summed E-state index contributed by atoms with van der Waals surface area (Å²) in [6.45, 7) is 11.2. The van der Waals surface area contributed by atoms with Gasteiger partial charge in [0.15, 0.2) is 0 Å². The van der Waals surface area contributed by atoms with Crippen molar-refractivity contribution in [2.45, 2.75) is 46.5 Å². The van der Waals surface area contributed by atoms with Crippen LogP contribution in [0.5, 0.6) is 11.5 Å². The molecular formula is C21H28O2P2. The number of hydrogen-bond donors (Lipinski definition) is 0. The second-order valence-corrected chi connectivity index (χ2v) is 8.27. The van der Waals surface area contributed by atoms with Crippen molar-refractivity contribution in [1.82, 2.24) is 0 Å². The molecule has 0 bridgehead atoms. The van der Waals surface area contributed by atoms with Crippen LogP contribution in [0.3, 0.4) is 0 Å². The summed E-state index contributed by atoms with van der Waals surface area (Å²) in [6.07, 6.45) is 0. The van der Waals surface area contributed by atoms with Gasteiger partial charge < -0.3 is 9.47 Å². The van der Waals surface area contributed by atoms with E-state index in [2.05, 4.69) is 55.3 Å². The van der Waals surface area contributed by atoms with Crippen LogP contribution in [0.1, 0.15) is 56.2 Å². The zero-order valence-electron chi connectivity index (χ0n) is 16.2. The quantitative estimate of drug-likeness (QED) is 0.534. The van der Waals surface area contributed by atoms with Gasteiger partial charge in [-0.05, 0) is 55.5 Å². The molecule has 0 heterocycles. The summed E-state index contributed by atoms with van der Waals surface area (Å²) in [7, 11) is 8.12. The molecule has 2 aromatic rings. The fourth-order valence-electron chi connectivity index (χ4n) is 3.28. The Labute approximate surface area is 155 Å². The number of hydrogen-bond acceptors (Lipinski definition) is 2. The molecule has 0 saturated heterocycles. The van der Waals surface area contributed by atoms with Gasteiger partial charge in [0, 0.05) is 5.56 Å². The van der Waals surface area contributed by atoms with Crippen LogP contribution >= 0.6 is 16.4 Å². The minimum Gasteiger partial charge on any atom is -0.496 e. The molecular weight excluding hydrogens is 346 g/mol. The van der Waals surface area contributed by atoms with Crippen molar-refractivity contribution >= 4 is 21.7 Å². The number of methoxy groups -OCH3 is 2. The van der Waals surface area contributed by atoms with Crippen LogP contribution in [0, 0.1) is 6.92 Å². The summed E-state index contributed by atoms with van der Waals surface area (Å²) in [6, 6.07) is 8.59. The van der Waals surface area contributed by atoms with Crippen molar-refractivity contribution in [3.8, 4) is 22.6 Å². The van der Waals surface area contributed by atoms with E-state index >= 15 is 0 Å². The highest BCUT2D eigenvalue weighted by Gasteiger charge is 2.23. The van der Waals surface area contributed by atoms with E-state index in [0.717, 1.165) is 30.2 Å². The lowest BCUT2D eigenvalue weighted by atomic mass is 9.83. The smallest absolute Gasteiger partial charge is 0.131 e. The summed E-state index contributed by atoms with van der Waals surface area (Å²) in [5.41, 5.74) is 6.42. The molecule has 0 aliphatic carbocycles. The Kier molecular flexibility index (Phi) is 6.66. The molecule has 0 radical (unpaired) electrons. The molecule has 0 atom stereocenters. The molecule has 134 valence electrons. The van der Waals surface area contributed by atoms with Gasteiger partial charge in [-0.15, -0.1) is 0 Å². The standard InChI is InChI=1S/C21H28O2P2/c1-12(2)15-10-14(5)11-16(13(3)4)19(15)20-17(22-6)8-9-18(23-7)21(20)25-24/h8-13,24H,1-7H3. The van der Waals surface area contributed by atoms with Crippen molar-refractivity contribution in [3.63, 3.8) is 0 Å². The first kappa shape index (κ1) is 20.0. The Bertz CT molecular complexity index is 751. The highest BCUT2D eigenvalue weighted by molar-refractivity contribution is 7.79. The first-order chi connectivity index (χ1) is 11.8. The van der Waals surface area contributed by atoms with Crippen LogP contribution in [0.2, 0.25) is 0 Å². The number of aryl methyl sites for hydroxylation is 1. The van der Waals surface area contributed by atoms with Crippen LogP contribution in [0.15, 0.2) is 24.3 Å². The lowest BCUT2D eigenvalue weighted by Crippen LogP contribution is -2.10. The zero-order valence-corrected chi connectivity index (χ0v) is 18.1. The highest BCUT2D eigenvalue weighted by Crippen LogP contribution is 2.43. The molecule has 2 rings (SSSR count). The maximum absolute atomic E-state index is 5.76. The predicted molar refractivity (Wildman–Crippen MR) is 113 cm³/mol. The second-order valence-electron chi connectivity index (χ2n) is 6.93. The topological polar surface area (TPSA) is 18.5 Å². The zero-order chi connectivity index (χ0) is 18.7. The van der Waals surface area contributed by atoms with E-state index in [9.17, 15) is 0 Å². The maximum atomic E-state index is 5.76. The Hall–Kier alpha value is -1.36. The van der Waals surface area contributed by atoms with Gasteiger partial charge in [-0.1, -0.05) is 53.9 Å². The fraction of sp³-hybridized carbons (Fsp3) is 0.429. The number of ether oxygens (including phenoxy) is 2. The van der Waals surface area contributed by atoms with Gasteiger partial charge in [0.25, 0.3) is 0 Å². The van der Waals surface area contributed by atoms with Gasteiger partial charge in [0.1, 0.15) is 11.5 Å². The van der Waals surface area contributed by atoms with E-state index in [4.69, 9.17) is 9.47 Å². The summed E-state index contributed by atoms with van der Waals surface area (Å²) in [5, 5.41) is 1.10. The molecule has 2 aromatic carbocycles. The fourth-order valence-corrected chi connectivity index (χ4v) is 4.56. The Morgan fingerprint density at radius 2 is 1.32 bits per heavy atom. The average Bonchev–Trinajstić information content (AvgIpc) is 2.59. The van der Waals surface area contributed by atoms with E-state index in [1.165, 1.54) is 22.3 Å². The van der Waals surface area contributed by atoms with E-state index in [1.807, 2.05) is 12.1 Å². The second kappa shape index (κ2) is 8.35. The Morgan fingerprint density at radius 3 is 1.72 bits per heavy atom.